The zero-order chi connectivity index (χ0) is 14.5. The number of benzene rings is 1. The van der Waals surface area contributed by atoms with Gasteiger partial charge in [0.05, 0.1) is 6.61 Å². The topological polar surface area (TPSA) is 29.5 Å². The number of hydrogen-bond donors (Lipinski definition) is 0. The van der Waals surface area contributed by atoms with Crippen LogP contribution in [0.15, 0.2) is 24.3 Å². The molecule has 3 nitrogen and oxygen atoms in total. The maximum absolute atomic E-state index is 12.5. The molecule has 1 aliphatic rings. The molecule has 0 saturated heterocycles. The minimum Gasteiger partial charge on any atom is -0.380 e. The highest BCUT2D eigenvalue weighted by atomic mass is 16.5. The summed E-state index contributed by atoms with van der Waals surface area (Å²) in [6.07, 6.45) is 4.72. The van der Waals surface area contributed by atoms with Crippen LogP contribution in [-0.4, -0.2) is 31.0 Å². The second-order valence-corrected chi connectivity index (χ2v) is 5.96. The van der Waals surface area contributed by atoms with Gasteiger partial charge in [0.15, 0.2) is 0 Å². The summed E-state index contributed by atoms with van der Waals surface area (Å²) in [7, 11) is 3.61. The molecule has 1 saturated carbocycles. The fourth-order valence-corrected chi connectivity index (χ4v) is 2.91. The van der Waals surface area contributed by atoms with Gasteiger partial charge in [-0.25, -0.2) is 0 Å². The van der Waals surface area contributed by atoms with Gasteiger partial charge in [-0.3, -0.25) is 4.79 Å². The third kappa shape index (κ3) is 3.60. The molecular formula is C17H25NO2. The Hall–Kier alpha value is -1.35. The normalized spacial score (nSPS) is 22.6. The average Bonchev–Trinajstić information content (AvgIpc) is 2.48. The Bertz CT molecular complexity index is 433. The highest BCUT2D eigenvalue weighted by molar-refractivity contribution is 5.94. The molecule has 0 heterocycles. The van der Waals surface area contributed by atoms with Crippen molar-refractivity contribution in [2.75, 3.05) is 14.2 Å². The monoisotopic (exact) mass is 275 g/mol. The van der Waals surface area contributed by atoms with Crippen LogP contribution in [0.5, 0.6) is 0 Å². The van der Waals surface area contributed by atoms with Crippen LogP contribution in [0.3, 0.4) is 0 Å². The number of rotatable bonds is 4. The van der Waals surface area contributed by atoms with Crippen LogP contribution in [0.4, 0.5) is 0 Å². The van der Waals surface area contributed by atoms with E-state index in [1.165, 1.54) is 12.8 Å². The minimum absolute atomic E-state index is 0.133. The largest absolute Gasteiger partial charge is 0.380 e. The van der Waals surface area contributed by atoms with Gasteiger partial charge in [-0.15, -0.1) is 0 Å². The van der Waals surface area contributed by atoms with E-state index >= 15 is 0 Å². The molecule has 0 spiro atoms. The molecule has 0 aliphatic heterocycles. The molecule has 1 aliphatic carbocycles. The molecule has 1 fully saturated rings. The zero-order valence-corrected chi connectivity index (χ0v) is 12.8. The second kappa shape index (κ2) is 6.89. The lowest BCUT2D eigenvalue weighted by Crippen LogP contribution is -2.39. The van der Waals surface area contributed by atoms with Gasteiger partial charge in [-0.05, 0) is 49.3 Å². The maximum Gasteiger partial charge on any atom is 0.253 e. The number of methoxy groups -OCH3 is 1. The summed E-state index contributed by atoms with van der Waals surface area (Å²) in [5, 5.41) is 0. The van der Waals surface area contributed by atoms with Crippen molar-refractivity contribution in [2.45, 2.75) is 45.3 Å². The van der Waals surface area contributed by atoms with Crippen molar-refractivity contribution in [3.8, 4) is 0 Å². The van der Waals surface area contributed by atoms with Crippen molar-refractivity contribution in [1.29, 1.82) is 0 Å². The molecule has 0 unspecified atom stereocenters. The first-order chi connectivity index (χ1) is 9.61. The van der Waals surface area contributed by atoms with Gasteiger partial charge >= 0.3 is 0 Å². The van der Waals surface area contributed by atoms with E-state index in [9.17, 15) is 4.79 Å². The number of nitrogens with zero attached hydrogens (tertiary/aromatic N) is 1. The summed E-state index contributed by atoms with van der Waals surface area (Å²) < 4.78 is 5.09. The maximum atomic E-state index is 12.5. The van der Waals surface area contributed by atoms with Crippen molar-refractivity contribution in [2.24, 2.45) is 5.92 Å². The highest BCUT2D eigenvalue weighted by Gasteiger charge is 2.25. The van der Waals surface area contributed by atoms with Crippen LogP contribution in [0.25, 0.3) is 0 Å². The van der Waals surface area contributed by atoms with Crippen LogP contribution in [-0.2, 0) is 11.3 Å². The predicted molar refractivity (Wildman–Crippen MR) is 80.7 cm³/mol. The third-order valence-corrected chi connectivity index (χ3v) is 4.37. The molecule has 110 valence electrons. The van der Waals surface area contributed by atoms with Crippen LogP contribution in [0.1, 0.15) is 48.5 Å². The van der Waals surface area contributed by atoms with Crippen LogP contribution < -0.4 is 0 Å². The summed E-state index contributed by atoms with van der Waals surface area (Å²) in [6, 6.07) is 8.13. The van der Waals surface area contributed by atoms with Crippen molar-refractivity contribution < 1.29 is 9.53 Å². The van der Waals surface area contributed by atoms with Crippen LogP contribution >= 0.6 is 0 Å². The lowest BCUT2D eigenvalue weighted by atomic mass is 9.86. The van der Waals surface area contributed by atoms with E-state index in [-0.39, 0.29) is 5.91 Å². The number of carbonyl (C=O) groups excluding carboxylic acids is 1. The first-order valence-electron chi connectivity index (χ1n) is 7.47. The van der Waals surface area contributed by atoms with E-state index in [0.29, 0.717) is 12.6 Å². The number of carbonyl (C=O) groups is 1. The summed E-state index contributed by atoms with van der Waals surface area (Å²) in [5.74, 6) is 0.941. The van der Waals surface area contributed by atoms with E-state index in [1.54, 1.807) is 7.11 Å². The van der Waals surface area contributed by atoms with E-state index in [0.717, 1.165) is 29.9 Å². The Morgan fingerprint density at radius 2 is 1.80 bits per heavy atom. The smallest absolute Gasteiger partial charge is 0.253 e. The average molecular weight is 275 g/mol. The third-order valence-electron chi connectivity index (χ3n) is 4.37. The first kappa shape index (κ1) is 15.0. The summed E-state index contributed by atoms with van der Waals surface area (Å²) >= 11 is 0. The van der Waals surface area contributed by atoms with Crippen molar-refractivity contribution in [1.82, 2.24) is 4.90 Å². The fraction of sp³-hybridized carbons (Fsp3) is 0.588. The second-order valence-electron chi connectivity index (χ2n) is 5.96. The number of ether oxygens (including phenoxy) is 1. The molecule has 1 amide bonds. The molecule has 3 heteroatoms. The Morgan fingerprint density at radius 3 is 2.35 bits per heavy atom. The molecule has 2 rings (SSSR count). The fourth-order valence-electron chi connectivity index (χ4n) is 2.91. The molecule has 20 heavy (non-hydrogen) atoms. The van der Waals surface area contributed by atoms with Crippen LogP contribution in [0.2, 0.25) is 0 Å². The molecule has 0 N–H and O–H groups in total. The molecule has 0 radical (unpaired) electrons. The molecular weight excluding hydrogens is 250 g/mol. The Balaban J connectivity index is 1.99. The lowest BCUT2D eigenvalue weighted by Gasteiger charge is -2.33. The molecule has 1 aromatic carbocycles. The Morgan fingerprint density at radius 1 is 1.20 bits per heavy atom. The quantitative estimate of drug-likeness (QED) is 0.842. The van der Waals surface area contributed by atoms with E-state index in [4.69, 9.17) is 4.74 Å². The molecule has 0 atom stereocenters. The minimum atomic E-state index is 0.133. The lowest BCUT2D eigenvalue weighted by molar-refractivity contribution is 0.0679. The summed E-state index contributed by atoms with van der Waals surface area (Å²) in [5.41, 5.74) is 1.86. The molecule has 1 aromatic rings. The summed E-state index contributed by atoms with van der Waals surface area (Å²) in [4.78, 5) is 14.4. The Labute approximate surface area is 121 Å². The predicted octanol–water partition coefficient (Wildman–Crippen LogP) is 3.48. The number of hydrogen-bond acceptors (Lipinski definition) is 2. The highest BCUT2D eigenvalue weighted by Crippen LogP contribution is 2.27. The first-order valence-corrected chi connectivity index (χ1v) is 7.47. The van der Waals surface area contributed by atoms with Gasteiger partial charge < -0.3 is 9.64 Å². The SMILES string of the molecule is COCc1ccc(C(=O)N(C)C2CCC(C)CC2)cc1. The van der Waals surface area contributed by atoms with Crippen molar-refractivity contribution in [3.63, 3.8) is 0 Å². The van der Waals surface area contributed by atoms with Gasteiger partial charge in [0.25, 0.3) is 5.91 Å². The van der Waals surface area contributed by atoms with Crippen molar-refractivity contribution >= 4 is 5.91 Å². The van der Waals surface area contributed by atoms with E-state index in [2.05, 4.69) is 6.92 Å². The molecule has 0 bridgehead atoms. The van der Waals surface area contributed by atoms with Gasteiger partial charge in [-0.1, -0.05) is 19.1 Å². The van der Waals surface area contributed by atoms with E-state index < -0.39 is 0 Å². The zero-order valence-electron chi connectivity index (χ0n) is 12.8. The van der Waals surface area contributed by atoms with Crippen molar-refractivity contribution in [3.05, 3.63) is 35.4 Å². The summed E-state index contributed by atoms with van der Waals surface area (Å²) in [6.45, 7) is 2.89. The standard InChI is InChI=1S/C17H25NO2/c1-13-4-10-16(11-5-13)18(2)17(19)15-8-6-14(7-9-15)12-20-3/h6-9,13,16H,4-5,10-12H2,1-3H3. The van der Waals surface area contributed by atoms with Crippen LogP contribution in [0, 0.1) is 5.92 Å². The number of amides is 1. The van der Waals surface area contributed by atoms with Gasteiger partial charge in [0.1, 0.15) is 0 Å². The Kier molecular flexibility index (Phi) is 5.18. The van der Waals surface area contributed by atoms with Gasteiger partial charge in [0, 0.05) is 25.8 Å². The van der Waals surface area contributed by atoms with E-state index in [1.807, 2.05) is 36.2 Å². The van der Waals surface area contributed by atoms with Gasteiger partial charge in [0.2, 0.25) is 0 Å². The van der Waals surface area contributed by atoms with Gasteiger partial charge in [-0.2, -0.15) is 0 Å². The molecule has 0 aromatic heterocycles.